The predicted molar refractivity (Wildman–Crippen MR) is 162 cm³/mol. The Kier molecular flexibility index (Phi) is 6.76. The van der Waals surface area contributed by atoms with E-state index in [0.717, 1.165) is 67.2 Å². The van der Waals surface area contributed by atoms with Crippen LogP contribution in [-0.4, -0.2) is 54.1 Å². The highest BCUT2D eigenvalue weighted by Gasteiger charge is 2.77. The van der Waals surface area contributed by atoms with Crippen LogP contribution in [0.4, 0.5) is 5.82 Å². The smallest absolute Gasteiger partial charge is 0.263 e. The van der Waals surface area contributed by atoms with Gasteiger partial charge in [0.05, 0.1) is 11.5 Å². The minimum Gasteiger partial charge on any atom is -0.380 e. The molecule has 0 bridgehead atoms. The average Bonchev–Trinajstić information content (AvgIpc) is 3.84. The number of unbranched alkanes of at least 4 members (excludes halogenated alkanes) is 1. The summed E-state index contributed by atoms with van der Waals surface area (Å²) < 4.78 is 40.6. The van der Waals surface area contributed by atoms with E-state index >= 15 is 0 Å². The Morgan fingerprint density at radius 2 is 1.88 bits per heavy atom. The third kappa shape index (κ3) is 4.52. The van der Waals surface area contributed by atoms with Gasteiger partial charge in [-0.1, -0.05) is 54.9 Å². The normalized spacial score (nSPS) is 28.8. The average molecular weight is 605 g/mol. The molecule has 1 N–H and O–H groups in total. The maximum absolute atomic E-state index is 14.1. The van der Waals surface area contributed by atoms with E-state index in [0.29, 0.717) is 35.9 Å². The Morgan fingerprint density at radius 1 is 1.12 bits per heavy atom. The van der Waals surface area contributed by atoms with Gasteiger partial charge in [0.15, 0.2) is 5.82 Å². The molecule has 4 aliphatic rings. The van der Waals surface area contributed by atoms with Crippen molar-refractivity contribution >= 4 is 21.7 Å². The van der Waals surface area contributed by atoms with Crippen molar-refractivity contribution in [3.8, 4) is 11.1 Å². The molecule has 2 aromatic carbocycles. The highest BCUT2D eigenvalue weighted by Crippen LogP contribution is 2.66. The molecule has 43 heavy (non-hydrogen) atoms. The summed E-state index contributed by atoms with van der Waals surface area (Å²) in [6.07, 6.45) is 6.54. The first-order chi connectivity index (χ1) is 20.6. The molecular formula is C33H40N4O5S. The lowest BCUT2D eigenvalue weighted by atomic mass is 9.92. The van der Waals surface area contributed by atoms with Crippen LogP contribution in [0.1, 0.15) is 67.9 Å². The van der Waals surface area contributed by atoms with Crippen LogP contribution in [0.25, 0.3) is 11.1 Å². The number of aromatic nitrogens is 1. The molecule has 4 atom stereocenters. The highest BCUT2D eigenvalue weighted by molar-refractivity contribution is 7.92. The second-order valence-corrected chi connectivity index (χ2v) is 14.6. The van der Waals surface area contributed by atoms with Gasteiger partial charge in [-0.15, -0.1) is 0 Å². The van der Waals surface area contributed by atoms with Crippen molar-refractivity contribution in [2.75, 3.05) is 18.4 Å². The molecule has 3 aromatic rings. The van der Waals surface area contributed by atoms with E-state index in [1.165, 1.54) is 6.42 Å². The largest absolute Gasteiger partial charge is 0.380 e. The number of methoxy groups -OCH3 is 1. The minimum absolute atomic E-state index is 0.142. The zero-order valence-corrected chi connectivity index (χ0v) is 26.2. The summed E-state index contributed by atoms with van der Waals surface area (Å²) in [4.78, 5) is 19.0. The van der Waals surface area contributed by atoms with Crippen molar-refractivity contribution in [1.82, 2.24) is 15.0 Å². The van der Waals surface area contributed by atoms with Gasteiger partial charge in [0.25, 0.3) is 10.0 Å². The molecule has 1 spiro atoms. The fourth-order valence-corrected chi connectivity index (χ4v) is 9.10. The number of hydrogen-bond donors (Lipinski definition) is 1. The second kappa shape index (κ2) is 10.2. The molecule has 2 aliphatic carbocycles. The Labute approximate surface area is 253 Å². The fourth-order valence-electron chi connectivity index (χ4n) is 7.82. The van der Waals surface area contributed by atoms with Crippen LogP contribution in [0.2, 0.25) is 0 Å². The number of piperazine rings is 1. The van der Waals surface area contributed by atoms with Crippen molar-refractivity contribution in [2.24, 2.45) is 11.8 Å². The van der Waals surface area contributed by atoms with Crippen LogP contribution in [-0.2, 0) is 32.7 Å². The SMILES string of the molecule is CCCCC12CN1C1(CC3CC3C1)C(=O)N2Cc1ccc(-c2ccccc2S(=O)(=O)Nc2noc(C)c2C)c(COC)c1. The third-order valence-corrected chi connectivity index (χ3v) is 11.7. The van der Waals surface area contributed by atoms with Crippen LogP contribution in [0, 0.1) is 25.7 Å². The second-order valence-electron chi connectivity index (χ2n) is 13.0. The number of rotatable bonds is 11. The number of aryl methyl sites for hydroxylation is 1. The molecule has 1 aromatic heterocycles. The standard InChI is InChI=1S/C33H40N4O5S/c1-5-6-13-33-20-37(33)32(16-24-15-25(24)17-32)31(38)36(33)18-23-11-12-27(26(14-23)19-41-4)28-9-7-8-10-29(28)43(39,40)35-30-21(2)22(3)42-34-30/h7-12,14,24-25H,5-6,13,15-20H2,1-4H3,(H,34,35). The van der Waals surface area contributed by atoms with Crippen LogP contribution >= 0.6 is 0 Å². The number of nitrogens with one attached hydrogen (secondary N) is 1. The number of carbonyl (C=O) groups is 1. The minimum atomic E-state index is -3.97. The molecular weight excluding hydrogens is 564 g/mol. The third-order valence-electron chi connectivity index (χ3n) is 10.3. The number of sulfonamides is 1. The number of nitrogens with zero attached hydrogens (tertiary/aromatic N) is 3. The summed E-state index contributed by atoms with van der Waals surface area (Å²) in [7, 11) is -2.34. The number of hydrogen-bond acceptors (Lipinski definition) is 7. The van der Waals surface area contributed by atoms with Crippen LogP contribution in [0.15, 0.2) is 51.9 Å². The molecule has 1 amide bonds. The molecule has 9 nitrogen and oxygen atoms in total. The summed E-state index contributed by atoms with van der Waals surface area (Å²) in [6.45, 7) is 7.54. The quantitative estimate of drug-likeness (QED) is 0.283. The van der Waals surface area contributed by atoms with E-state index in [9.17, 15) is 13.2 Å². The fraction of sp³-hybridized carbons (Fsp3) is 0.515. The van der Waals surface area contributed by atoms with E-state index in [2.05, 4.69) is 32.7 Å². The number of anilines is 1. The Morgan fingerprint density at radius 3 is 2.58 bits per heavy atom. The molecule has 7 rings (SSSR count). The number of fused-ring (bicyclic) bond motifs is 3. The van der Waals surface area contributed by atoms with E-state index in [-0.39, 0.29) is 21.9 Å². The van der Waals surface area contributed by atoms with E-state index in [1.807, 2.05) is 24.3 Å². The van der Waals surface area contributed by atoms with Gasteiger partial charge in [0.1, 0.15) is 17.0 Å². The Bertz CT molecular complexity index is 1690. The van der Waals surface area contributed by atoms with Crippen molar-refractivity contribution in [3.05, 3.63) is 64.9 Å². The maximum Gasteiger partial charge on any atom is 0.263 e. The summed E-state index contributed by atoms with van der Waals surface area (Å²) in [6, 6.07) is 13.0. The summed E-state index contributed by atoms with van der Waals surface area (Å²) >= 11 is 0. The van der Waals surface area contributed by atoms with Gasteiger partial charge in [-0.2, -0.15) is 0 Å². The van der Waals surface area contributed by atoms with Crippen LogP contribution < -0.4 is 4.72 Å². The van der Waals surface area contributed by atoms with Gasteiger partial charge in [-0.25, -0.2) is 8.42 Å². The molecule has 2 saturated heterocycles. The molecule has 10 heteroatoms. The Hall–Kier alpha value is -3.21. The maximum atomic E-state index is 14.1. The lowest BCUT2D eigenvalue weighted by Crippen LogP contribution is -2.47. The molecule has 2 saturated carbocycles. The lowest BCUT2D eigenvalue weighted by Gasteiger charge is -2.30. The van der Waals surface area contributed by atoms with Crippen LogP contribution in [0.3, 0.4) is 0 Å². The zero-order valence-electron chi connectivity index (χ0n) is 25.4. The zero-order chi connectivity index (χ0) is 30.1. The number of carbonyl (C=O) groups excluding carboxylic acids is 1. The van der Waals surface area contributed by atoms with E-state index < -0.39 is 10.0 Å². The first-order valence-electron chi connectivity index (χ1n) is 15.4. The Balaban J connectivity index is 1.21. The number of amides is 1. The van der Waals surface area contributed by atoms with Gasteiger partial charge in [-0.3, -0.25) is 14.4 Å². The first kappa shape index (κ1) is 28.6. The van der Waals surface area contributed by atoms with E-state index in [4.69, 9.17) is 9.26 Å². The predicted octanol–water partition coefficient (Wildman–Crippen LogP) is 5.62. The topological polar surface area (TPSA) is 105 Å². The summed E-state index contributed by atoms with van der Waals surface area (Å²) in [5.74, 6) is 2.49. The van der Waals surface area contributed by atoms with Gasteiger partial charge in [0.2, 0.25) is 5.91 Å². The molecule has 0 radical (unpaired) electrons. The van der Waals surface area contributed by atoms with Gasteiger partial charge in [-0.05, 0) is 80.5 Å². The molecule has 228 valence electrons. The van der Waals surface area contributed by atoms with Crippen molar-refractivity contribution < 1.29 is 22.5 Å². The van der Waals surface area contributed by atoms with Crippen molar-refractivity contribution in [2.45, 2.75) is 88.5 Å². The monoisotopic (exact) mass is 604 g/mol. The molecule has 4 unspecified atom stereocenters. The highest BCUT2D eigenvalue weighted by atomic mass is 32.2. The van der Waals surface area contributed by atoms with Gasteiger partial charge >= 0.3 is 0 Å². The van der Waals surface area contributed by atoms with Crippen molar-refractivity contribution in [1.29, 1.82) is 0 Å². The molecule has 4 fully saturated rings. The summed E-state index contributed by atoms with van der Waals surface area (Å²) in [5, 5.41) is 3.89. The van der Waals surface area contributed by atoms with Crippen molar-refractivity contribution in [3.63, 3.8) is 0 Å². The van der Waals surface area contributed by atoms with Crippen LogP contribution in [0.5, 0.6) is 0 Å². The molecule has 2 aliphatic heterocycles. The number of benzene rings is 2. The number of ether oxygens (including phenoxy) is 1. The van der Waals surface area contributed by atoms with Gasteiger partial charge in [0, 0.05) is 31.3 Å². The molecule has 3 heterocycles. The van der Waals surface area contributed by atoms with E-state index in [1.54, 1.807) is 33.1 Å². The van der Waals surface area contributed by atoms with Gasteiger partial charge < -0.3 is 14.2 Å². The summed E-state index contributed by atoms with van der Waals surface area (Å²) in [5.41, 5.74) is 3.43. The lowest BCUT2D eigenvalue weighted by molar-refractivity contribution is -0.137. The first-order valence-corrected chi connectivity index (χ1v) is 16.9.